The normalized spacial score (nSPS) is 18.6. The summed E-state index contributed by atoms with van der Waals surface area (Å²) in [7, 11) is -3.33. The summed E-state index contributed by atoms with van der Waals surface area (Å²) in [5.41, 5.74) is 5.50. The molecule has 1 aromatic heterocycles. The summed E-state index contributed by atoms with van der Waals surface area (Å²) < 4.78 is 26.8. The van der Waals surface area contributed by atoms with E-state index in [0.29, 0.717) is 41.9 Å². The highest BCUT2D eigenvalue weighted by atomic mass is 32.2. The molecule has 2 rings (SSSR count). The first-order valence-corrected chi connectivity index (χ1v) is 8.63. The molecule has 1 saturated heterocycles. The molecule has 1 aliphatic heterocycles. The van der Waals surface area contributed by atoms with Crippen molar-refractivity contribution in [2.75, 3.05) is 32.7 Å². The molecule has 0 amide bonds. The molecule has 106 valence electrons. The molecule has 2 heterocycles. The van der Waals surface area contributed by atoms with Crippen LogP contribution in [0.4, 0.5) is 0 Å². The Morgan fingerprint density at radius 3 is 2.47 bits per heavy atom. The molecule has 1 aromatic rings. The van der Waals surface area contributed by atoms with Crippen LogP contribution in [0.3, 0.4) is 0 Å². The van der Waals surface area contributed by atoms with Crippen LogP contribution in [0.5, 0.6) is 0 Å². The number of rotatable bonds is 4. The number of sulfonamides is 1. The second-order valence-corrected chi connectivity index (χ2v) is 8.49. The molecule has 0 radical (unpaired) electrons. The molecular weight excluding hydrogens is 302 g/mol. The number of thiocarbonyl (C=S) groups is 1. The summed E-state index contributed by atoms with van der Waals surface area (Å²) in [6.45, 7) is 4.77. The van der Waals surface area contributed by atoms with Crippen molar-refractivity contribution in [2.24, 2.45) is 5.73 Å². The highest BCUT2D eigenvalue weighted by Gasteiger charge is 2.29. The van der Waals surface area contributed by atoms with E-state index in [1.54, 1.807) is 6.07 Å². The monoisotopic (exact) mass is 319 g/mol. The van der Waals surface area contributed by atoms with Gasteiger partial charge in [-0.3, -0.25) is 4.90 Å². The van der Waals surface area contributed by atoms with Gasteiger partial charge in [0.25, 0.3) is 10.0 Å². The predicted molar refractivity (Wildman–Crippen MR) is 81.0 cm³/mol. The van der Waals surface area contributed by atoms with E-state index in [1.165, 1.54) is 15.6 Å². The summed E-state index contributed by atoms with van der Waals surface area (Å²) in [5.74, 6) is 0. The van der Waals surface area contributed by atoms with Gasteiger partial charge in [0.15, 0.2) is 0 Å². The molecule has 0 aromatic carbocycles. The van der Waals surface area contributed by atoms with Crippen molar-refractivity contribution in [3.8, 4) is 0 Å². The highest BCUT2D eigenvalue weighted by molar-refractivity contribution is 7.91. The van der Waals surface area contributed by atoms with E-state index in [0.717, 1.165) is 4.88 Å². The van der Waals surface area contributed by atoms with Gasteiger partial charge in [-0.15, -0.1) is 11.3 Å². The fraction of sp³-hybridized carbons (Fsp3) is 0.545. The molecular formula is C11H17N3O2S3. The molecule has 0 bridgehead atoms. The summed E-state index contributed by atoms with van der Waals surface area (Å²) in [4.78, 5) is 3.53. The molecule has 0 unspecified atom stereocenters. The Hall–Kier alpha value is -0.540. The van der Waals surface area contributed by atoms with E-state index in [9.17, 15) is 8.42 Å². The van der Waals surface area contributed by atoms with Gasteiger partial charge in [-0.2, -0.15) is 4.31 Å². The van der Waals surface area contributed by atoms with E-state index in [4.69, 9.17) is 18.0 Å². The van der Waals surface area contributed by atoms with Crippen LogP contribution in [-0.4, -0.2) is 55.3 Å². The van der Waals surface area contributed by atoms with Gasteiger partial charge < -0.3 is 5.73 Å². The largest absolute Gasteiger partial charge is 0.392 e. The fourth-order valence-electron chi connectivity index (χ4n) is 2.03. The zero-order valence-electron chi connectivity index (χ0n) is 10.7. The Kier molecular flexibility index (Phi) is 4.57. The Morgan fingerprint density at radius 1 is 1.37 bits per heavy atom. The van der Waals surface area contributed by atoms with Crippen molar-refractivity contribution in [1.82, 2.24) is 9.21 Å². The molecule has 0 spiro atoms. The van der Waals surface area contributed by atoms with Crippen molar-refractivity contribution < 1.29 is 8.42 Å². The number of nitrogens with zero attached hydrogens (tertiary/aromatic N) is 2. The first kappa shape index (κ1) is 14.9. The van der Waals surface area contributed by atoms with Gasteiger partial charge in [-0.25, -0.2) is 8.42 Å². The average Bonchev–Trinajstić information content (AvgIpc) is 2.76. The Balaban J connectivity index is 2.03. The summed E-state index contributed by atoms with van der Waals surface area (Å²) in [6.07, 6.45) is 0. The van der Waals surface area contributed by atoms with Gasteiger partial charge >= 0.3 is 0 Å². The minimum Gasteiger partial charge on any atom is -0.392 e. The van der Waals surface area contributed by atoms with Gasteiger partial charge in [0.1, 0.15) is 4.21 Å². The van der Waals surface area contributed by atoms with E-state index in [2.05, 4.69) is 4.90 Å². The molecule has 0 atom stereocenters. The first-order chi connectivity index (χ1) is 8.89. The molecule has 0 aliphatic carbocycles. The van der Waals surface area contributed by atoms with Crippen LogP contribution in [0.1, 0.15) is 4.88 Å². The lowest BCUT2D eigenvalue weighted by Gasteiger charge is -2.33. The minimum atomic E-state index is -3.33. The third-order valence-corrected chi connectivity index (χ3v) is 6.52. The summed E-state index contributed by atoms with van der Waals surface area (Å²) >= 11 is 6.18. The van der Waals surface area contributed by atoms with Crippen LogP contribution in [0.25, 0.3) is 0 Å². The molecule has 2 N–H and O–H groups in total. The molecule has 1 aliphatic rings. The number of piperazine rings is 1. The summed E-state index contributed by atoms with van der Waals surface area (Å²) in [5, 5.41) is 0. The number of aryl methyl sites for hydroxylation is 1. The summed E-state index contributed by atoms with van der Waals surface area (Å²) in [6, 6.07) is 3.51. The molecule has 1 fully saturated rings. The van der Waals surface area contributed by atoms with Crippen molar-refractivity contribution in [1.29, 1.82) is 0 Å². The molecule has 8 heteroatoms. The lowest BCUT2D eigenvalue weighted by atomic mass is 10.3. The van der Waals surface area contributed by atoms with Gasteiger partial charge in [0, 0.05) is 37.6 Å². The minimum absolute atomic E-state index is 0.424. The smallest absolute Gasteiger partial charge is 0.252 e. The standard InChI is InChI=1S/C11H17N3O2S3/c1-9-2-3-11(18-9)19(15,16)14-6-4-13(5-7-14)8-10(12)17/h2-3H,4-8H2,1H3,(H2,12,17). The topological polar surface area (TPSA) is 66.6 Å². The third-order valence-electron chi connectivity index (χ3n) is 3.02. The zero-order chi connectivity index (χ0) is 14.0. The molecule has 0 saturated carbocycles. The maximum Gasteiger partial charge on any atom is 0.252 e. The highest BCUT2D eigenvalue weighted by Crippen LogP contribution is 2.24. The van der Waals surface area contributed by atoms with Crippen molar-refractivity contribution in [3.63, 3.8) is 0 Å². The van der Waals surface area contributed by atoms with Gasteiger partial charge in [-0.1, -0.05) is 12.2 Å². The SMILES string of the molecule is Cc1ccc(S(=O)(=O)N2CCN(CC(N)=S)CC2)s1. The maximum absolute atomic E-state index is 12.4. The number of hydrogen-bond acceptors (Lipinski definition) is 5. The third kappa shape index (κ3) is 3.51. The van der Waals surface area contributed by atoms with E-state index in [1.807, 2.05) is 13.0 Å². The Labute approximate surface area is 123 Å². The zero-order valence-corrected chi connectivity index (χ0v) is 13.2. The second kappa shape index (κ2) is 5.84. The number of thiophene rings is 1. The van der Waals surface area contributed by atoms with Crippen LogP contribution >= 0.6 is 23.6 Å². The van der Waals surface area contributed by atoms with E-state index < -0.39 is 10.0 Å². The fourth-order valence-corrected chi connectivity index (χ4v) is 5.07. The van der Waals surface area contributed by atoms with Gasteiger partial charge in [-0.05, 0) is 19.1 Å². The Morgan fingerprint density at radius 2 is 2.00 bits per heavy atom. The molecule has 5 nitrogen and oxygen atoms in total. The number of nitrogens with two attached hydrogens (primary N) is 1. The van der Waals surface area contributed by atoms with Crippen molar-refractivity contribution >= 4 is 38.6 Å². The van der Waals surface area contributed by atoms with Crippen LogP contribution in [0, 0.1) is 6.92 Å². The van der Waals surface area contributed by atoms with Crippen LogP contribution in [-0.2, 0) is 10.0 Å². The van der Waals surface area contributed by atoms with E-state index >= 15 is 0 Å². The lowest BCUT2D eigenvalue weighted by molar-refractivity contribution is 0.210. The van der Waals surface area contributed by atoms with Crippen LogP contribution < -0.4 is 5.73 Å². The van der Waals surface area contributed by atoms with E-state index in [-0.39, 0.29) is 0 Å². The number of hydrogen-bond donors (Lipinski definition) is 1. The van der Waals surface area contributed by atoms with Gasteiger partial charge in [0.05, 0.1) is 4.99 Å². The average molecular weight is 319 g/mol. The van der Waals surface area contributed by atoms with Crippen molar-refractivity contribution in [3.05, 3.63) is 17.0 Å². The Bertz CT molecular complexity index is 559. The first-order valence-electron chi connectivity index (χ1n) is 5.97. The van der Waals surface area contributed by atoms with Crippen LogP contribution in [0.2, 0.25) is 0 Å². The predicted octanol–water partition coefficient (Wildman–Crippen LogP) is 0.649. The van der Waals surface area contributed by atoms with Crippen molar-refractivity contribution in [2.45, 2.75) is 11.1 Å². The van der Waals surface area contributed by atoms with Crippen LogP contribution in [0.15, 0.2) is 16.3 Å². The molecule has 19 heavy (non-hydrogen) atoms. The second-order valence-electron chi connectivity index (χ2n) is 4.51. The van der Waals surface area contributed by atoms with Gasteiger partial charge in [0.2, 0.25) is 0 Å². The maximum atomic E-state index is 12.4. The lowest BCUT2D eigenvalue weighted by Crippen LogP contribution is -2.50. The quantitative estimate of drug-likeness (QED) is 0.826.